The molecule has 0 aromatic heterocycles. The van der Waals surface area contributed by atoms with Crippen molar-refractivity contribution < 1.29 is 13.2 Å². The van der Waals surface area contributed by atoms with Gasteiger partial charge in [0.05, 0.1) is 28.2 Å². The third-order valence-electron chi connectivity index (χ3n) is 4.10. The highest BCUT2D eigenvalue weighted by Gasteiger charge is 2.45. The zero-order chi connectivity index (χ0) is 18.0. The lowest BCUT2D eigenvalue weighted by atomic mass is 10.1. The number of carbonyl (C=O) groups is 1. The lowest BCUT2D eigenvalue weighted by molar-refractivity contribution is -0.120. The molecule has 1 fully saturated rings. The Labute approximate surface area is 145 Å². The van der Waals surface area contributed by atoms with Crippen LogP contribution in [0.2, 0.25) is 0 Å². The Kier molecular flexibility index (Phi) is 4.26. The van der Waals surface area contributed by atoms with Crippen LogP contribution in [0, 0.1) is 28.6 Å². The lowest BCUT2D eigenvalue weighted by Gasteiger charge is -2.07. The third-order valence-corrected chi connectivity index (χ3v) is 5.46. The van der Waals surface area contributed by atoms with E-state index in [4.69, 9.17) is 10.5 Å². The normalized spacial score (nSPS) is 18.6. The van der Waals surface area contributed by atoms with Crippen LogP contribution in [0.4, 0.5) is 0 Å². The number of nitriles is 2. The Morgan fingerprint density at radius 3 is 2.36 bits per heavy atom. The summed E-state index contributed by atoms with van der Waals surface area (Å²) in [7, 11) is -3.97. The van der Waals surface area contributed by atoms with Gasteiger partial charge in [-0.3, -0.25) is 4.79 Å². The van der Waals surface area contributed by atoms with E-state index in [-0.39, 0.29) is 10.8 Å². The molecule has 0 heterocycles. The molecule has 7 heteroatoms. The van der Waals surface area contributed by atoms with Gasteiger partial charge in [0.25, 0.3) is 10.0 Å². The molecule has 1 aliphatic rings. The van der Waals surface area contributed by atoms with Crippen LogP contribution in [-0.4, -0.2) is 14.3 Å². The maximum Gasteiger partial charge on any atom is 0.264 e. The zero-order valence-electron chi connectivity index (χ0n) is 13.0. The number of sulfonamides is 1. The monoisotopic (exact) mass is 351 g/mol. The van der Waals surface area contributed by atoms with Crippen molar-refractivity contribution in [2.75, 3.05) is 0 Å². The van der Waals surface area contributed by atoms with Crippen LogP contribution < -0.4 is 4.72 Å². The Bertz CT molecular complexity index is 1010. The molecular formula is C18H13N3O3S. The highest BCUT2D eigenvalue weighted by Crippen LogP contribution is 2.47. The fraction of sp³-hybridized carbons (Fsp3) is 0.167. The van der Waals surface area contributed by atoms with Crippen LogP contribution in [0.3, 0.4) is 0 Å². The van der Waals surface area contributed by atoms with Gasteiger partial charge in [0.15, 0.2) is 0 Å². The molecule has 25 heavy (non-hydrogen) atoms. The number of rotatable bonds is 4. The molecule has 2 atom stereocenters. The van der Waals surface area contributed by atoms with Crippen LogP contribution in [0.25, 0.3) is 0 Å². The minimum absolute atomic E-state index is 0.0662. The van der Waals surface area contributed by atoms with E-state index in [1.807, 2.05) is 18.2 Å². The Balaban J connectivity index is 1.70. The standard InChI is InChI=1S/C18H13N3O3S/c19-10-12-4-6-15(7-5-12)25(23,24)21-18(22)17-9-16(17)14-3-1-2-13(8-14)11-20/h1-8,16-17H,9H2,(H,21,22)/t16-,17-/m1/s1. The topological polar surface area (TPSA) is 111 Å². The molecular weight excluding hydrogens is 338 g/mol. The van der Waals surface area contributed by atoms with Crippen molar-refractivity contribution in [1.29, 1.82) is 10.5 Å². The fourth-order valence-corrected chi connectivity index (χ4v) is 3.70. The van der Waals surface area contributed by atoms with Gasteiger partial charge in [0.2, 0.25) is 5.91 Å². The number of hydrogen-bond donors (Lipinski definition) is 1. The second-order valence-electron chi connectivity index (χ2n) is 5.79. The van der Waals surface area contributed by atoms with Crippen molar-refractivity contribution in [3.05, 3.63) is 65.2 Å². The van der Waals surface area contributed by atoms with Crippen LogP contribution in [0.1, 0.15) is 29.0 Å². The van der Waals surface area contributed by atoms with E-state index >= 15 is 0 Å². The first kappa shape index (κ1) is 16.7. The van der Waals surface area contributed by atoms with Gasteiger partial charge in [-0.2, -0.15) is 10.5 Å². The van der Waals surface area contributed by atoms with E-state index in [1.54, 1.807) is 18.2 Å². The molecule has 1 N–H and O–H groups in total. The van der Waals surface area contributed by atoms with Gasteiger partial charge in [-0.15, -0.1) is 0 Å². The summed E-state index contributed by atoms with van der Waals surface area (Å²) in [5.41, 5.74) is 1.70. The van der Waals surface area contributed by atoms with Gasteiger partial charge in [-0.25, -0.2) is 13.1 Å². The average Bonchev–Trinajstić information content (AvgIpc) is 3.42. The maximum absolute atomic E-state index is 12.3. The summed E-state index contributed by atoms with van der Waals surface area (Å²) in [6.45, 7) is 0. The second-order valence-corrected chi connectivity index (χ2v) is 7.47. The molecule has 124 valence electrons. The molecule has 0 saturated heterocycles. The Morgan fingerprint density at radius 1 is 1.04 bits per heavy atom. The number of benzene rings is 2. The van der Waals surface area contributed by atoms with E-state index in [1.165, 1.54) is 24.3 Å². The third kappa shape index (κ3) is 3.52. The van der Waals surface area contributed by atoms with Gasteiger partial charge in [0, 0.05) is 5.92 Å². The highest BCUT2D eigenvalue weighted by molar-refractivity contribution is 7.90. The van der Waals surface area contributed by atoms with Gasteiger partial charge in [-0.1, -0.05) is 12.1 Å². The molecule has 0 spiro atoms. The minimum atomic E-state index is -3.97. The number of nitrogens with one attached hydrogen (secondary N) is 1. The lowest BCUT2D eigenvalue weighted by Crippen LogP contribution is -2.32. The number of hydrogen-bond acceptors (Lipinski definition) is 5. The van der Waals surface area contributed by atoms with E-state index in [0.717, 1.165) is 5.56 Å². The van der Waals surface area contributed by atoms with Crippen molar-refractivity contribution in [3.63, 3.8) is 0 Å². The minimum Gasteiger partial charge on any atom is -0.274 e. The quantitative estimate of drug-likeness (QED) is 0.906. The molecule has 0 aliphatic heterocycles. The Hall–Kier alpha value is -3.16. The first-order chi connectivity index (χ1) is 11.9. The van der Waals surface area contributed by atoms with E-state index in [2.05, 4.69) is 4.72 Å². The molecule has 0 unspecified atom stereocenters. The molecule has 0 radical (unpaired) electrons. The molecule has 1 aliphatic carbocycles. The molecule has 2 aromatic rings. The zero-order valence-corrected chi connectivity index (χ0v) is 13.8. The molecule has 3 rings (SSSR count). The fourth-order valence-electron chi connectivity index (χ4n) is 2.67. The van der Waals surface area contributed by atoms with E-state index in [9.17, 15) is 13.2 Å². The first-order valence-electron chi connectivity index (χ1n) is 7.51. The summed E-state index contributed by atoms with van der Waals surface area (Å²) in [6.07, 6.45) is 0.545. The summed E-state index contributed by atoms with van der Waals surface area (Å²) in [5, 5.41) is 17.7. The smallest absolute Gasteiger partial charge is 0.264 e. The van der Waals surface area contributed by atoms with Gasteiger partial charge in [0.1, 0.15) is 0 Å². The Morgan fingerprint density at radius 2 is 1.72 bits per heavy atom. The largest absolute Gasteiger partial charge is 0.274 e. The van der Waals surface area contributed by atoms with Crippen molar-refractivity contribution in [2.45, 2.75) is 17.2 Å². The van der Waals surface area contributed by atoms with Crippen molar-refractivity contribution in [3.8, 4) is 12.1 Å². The van der Waals surface area contributed by atoms with Crippen LogP contribution in [0.15, 0.2) is 53.4 Å². The van der Waals surface area contributed by atoms with Crippen molar-refractivity contribution in [1.82, 2.24) is 4.72 Å². The summed E-state index contributed by atoms with van der Waals surface area (Å²) in [4.78, 5) is 12.2. The van der Waals surface area contributed by atoms with Crippen LogP contribution in [-0.2, 0) is 14.8 Å². The van der Waals surface area contributed by atoms with Gasteiger partial charge in [-0.05, 0) is 54.3 Å². The molecule has 1 amide bonds. The van der Waals surface area contributed by atoms with Crippen LogP contribution >= 0.6 is 0 Å². The molecule has 0 bridgehead atoms. The van der Waals surface area contributed by atoms with E-state index < -0.39 is 21.8 Å². The summed E-state index contributed by atoms with van der Waals surface area (Å²) in [5.74, 6) is -1.07. The number of nitrogens with zero attached hydrogens (tertiary/aromatic N) is 2. The molecule has 6 nitrogen and oxygen atoms in total. The van der Waals surface area contributed by atoms with E-state index in [0.29, 0.717) is 17.5 Å². The summed E-state index contributed by atoms with van der Waals surface area (Å²) in [6, 6.07) is 16.2. The van der Waals surface area contributed by atoms with Crippen molar-refractivity contribution >= 4 is 15.9 Å². The average molecular weight is 351 g/mol. The maximum atomic E-state index is 12.3. The SMILES string of the molecule is N#Cc1ccc(S(=O)(=O)NC(=O)[C@@H]2C[C@@H]2c2cccc(C#N)c2)cc1. The van der Waals surface area contributed by atoms with Gasteiger partial charge < -0.3 is 0 Å². The molecule has 2 aromatic carbocycles. The van der Waals surface area contributed by atoms with Crippen LogP contribution in [0.5, 0.6) is 0 Å². The summed E-state index contributed by atoms with van der Waals surface area (Å²) < 4.78 is 26.6. The molecule has 1 saturated carbocycles. The second kappa shape index (κ2) is 6.39. The first-order valence-corrected chi connectivity index (χ1v) is 9.00. The number of amides is 1. The number of carbonyl (C=O) groups excluding carboxylic acids is 1. The predicted molar refractivity (Wildman–Crippen MR) is 88.5 cm³/mol. The van der Waals surface area contributed by atoms with Gasteiger partial charge >= 0.3 is 0 Å². The van der Waals surface area contributed by atoms with Crippen molar-refractivity contribution in [2.24, 2.45) is 5.92 Å². The summed E-state index contributed by atoms with van der Waals surface area (Å²) >= 11 is 0. The predicted octanol–water partition coefficient (Wildman–Crippen LogP) is 2.04. The highest BCUT2D eigenvalue weighted by atomic mass is 32.2.